The quantitative estimate of drug-likeness (QED) is 0.616. The number of allylic oxidation sites excluding steroid dienone is 2. The number of aliphatic hydroxyl groups excluding tert-OH is 1. The van der Waals surface area contributed by atoms with Crippen molar-refractivity contribution in [3.63, 3.8) is 0 Å². The maximum absolute atomic E-state index is 10.9. The first-order valence-corrected chi connectivity index (χ1v) is 9.93. The molecule has 2 aromatic rings. The van der Waals surface area contributed by atoms with E-state index in [1.165, 1.54) is 10.4 Å². The molecule has 0 aliphatic rings. The fraction of sp³-hybridized carbons (Fsp3) is 0.300. The van der Waals surface area contributed by atoms with Gasteiger partial charge < -0.3 is 5.11 Å². The zero-order chi connectivity index (χ0) is 15.8. The van der Waals surface area contributed by atoms with E-state index in [0.29, 0.717) is 5.92 Å². The van der Waals surface area contributed by atoms with Gasteiger partial charge >= 0.3 is 0 Å². The molecule has 0 heterocycles. The molecule has 0 aromatic heterocycles. The standard InChI is InChI=1S/C20H26OSi/c1-3-4-11-17(2)16-20(21)22(18-12-7-5-8-13-18)19-14-9-6-10-15-19/h3-10,12-15,17,20-22H,11,16H2,1-2H3. The molecule has 0 fully saturated rings. The Hall–Kier alpha value is -1.64. The average molecular weight is 311 g/mol. The van der Waals surface area contributed by atoms with Crippen LogP contribution in [0.3, 0.4) is 0 Å². The van der Waals surface area contributed by atoms with Crippen LogP contribution in [0.2, 0.25) is 0 Å². The van der Waals surface area contributed by atoms with Crippen molar-refractivity contribution in [3.8, 4) is 0 Å². The van der Waals surface area contributed by atoms with Crippen molar-refractivity contribution in [2.75, 3.05) is 0 Å². The Labute approximate surface area is 135 Å². The van der Waals surface area contributed by atoms with Crippen LogP contribution in [-0.2, 0) is 0 Å². The molecule has 2 unspecified atom stereocenters. The van der Waals surface area contributed by atoms with Gasteiger partial charge in [0.05, 0.1) is 5.73 Å². The van der Waals surface area contributed by atoms with E-state index in [-0.39, 0.29) is 5.73 Å². The van der Waals surface area contributed by atoms with E-state index < -0.39 is 8.80 Å². The van der Waals surface area contributed by atoms with Gasteiger partial charge in [-0.05, 0) is 25.7 Å². The van der Waals surface area contributed by atoms with Gasteiger partial charge in [-0.2, -0.15) is 0 Å². The molecule has 2 atom stereocenters. The van der Waals surface area contributed by atoms with Crippen molar-refractivity contribution in [2.45, 2.75) is 32.4 Å². The Bertz CT molecular complexity index is 525. The summed E-state index contributed by atoms with van der Waals surface area (Å²) in [5.41, 5.74) is -0.231. The van der Waals surface area contributed by atoms with Crippen LogP contribution in [-0.4, -0.2) is 19.6 Å². The van der Waals surface area contributed by atoms with Crippen molar-refractivity contribution in [3.05, 3.63) is 72.8 Å². The molecular formula is C20H26OSi. The van der Waals surface area contributed by atoms with E-state index in [4.69, 9.17) is 0 Å². The van der Waals surface area contributed by atoms with Gasteiger partial charge in [0.15, 0.2) is 0 Å². The van der Waals surface area contributed by atoms with E-state index >= 15 is 0 Å². The van der Waals surface area contributed by atoms with Crippen LogP contribution >= 0.6 is 0 Å². The molecule has 0 aliphatic carbocycles. The second-order valence-corrected chi connectivity index (χ2v) is 9.07. The normalized spacial score (nSPS) is 14.4. The van der Waals surface area contributed by atoms with E-state index in [2.05, 4.69) is 74.5 Å². The Balaban J connectivity index is 2.21. The fourth-order valence-corrected chi connectivity index (χ4v) is 6.25. The van der Waals surface area contributed by atoms with Crippen molar-refractivity contribution in [2.24, 2.45) is 5.92 Å². The van der Waals surface area contributed by atoms with E-state index in [1.54, 1.807) is 0 Å². The van der Waals surface area contributed by atoms with Crippen molar-refractivity contribution in [1.29, 1.82) is 0 Å². The summed E-state index contributed by atoms with van der Waals surface area (Å²) in [7, 11) is -1.60. The highest BCUT2D eigenvalue weighted by molar-refractivity contribution is 6.86. The maximum atomic E-state index is 10.9. The van der Waals surface area contributed by atoms with Crippen LogP contribution in [0.15, 0.2) is 72.8 Å². The number of hydrogen-bond donors (Lipinski definition) is 1. The lowest BCUT2D eigenvalue weighted by molar-refractivity contribution is 0.217. The summed E-state index contributed by atoms with van der Waals surface area (Å²) in [6.45, 7) is 4.28. The fourth-order valence-electron chi connectivity index (χ4n) is 2.97. The summed E-state index contributed by atoms with van der Waals surface area (Å²) in [6.07, 6.45) is 6.19. The number of hydrogen-bond acceptors (Lipinski definition) is 1. The van der Waals surface area contributed by atoms with Crippen LogP contribution in [0.25, 0.3) is 0 Å². The number of benzene rings is 2. The maximum Gasteiger partial charge on any atom is 0.134 e. The summed E-state index contributed by atoms with van der Waals surface area (Å²) < 4.78 is 0. The number of aliphatic hydroxyl groups is 1. The van der Waals surface area contributed by atoms with Gasteiger partial charge in [0.2, 0.25) is 0 Å². The summed E-state index contributed by atoms with van der Waals surface area (Å²) in [4.78, 5) is 0. The van der Waals surface area contributed by atoms with Crippen molar-refractivity contribution >= 4 is 19.2 Å². The molecule has 0 saturated heterocycles. The Morgan fingerprint density at radius 1 is 0.955 bits per heavy atom. The molecule has 22 heavy (non-hydrogen) atoms. The first-order chi connectivity index (χ1) is 10.7. The summed E-state index contributed by atoms with van der Waals surface area (Å²) in [5.74, 6) is 0.508. The molecule has 2 rings (SSSR count). The Morgan fingerprint density at radius 3 is 1.91 bits per heavy atom. The van der Waals surface area contributed by atoms with Gasteiger partial charge in [-0.25, -0.2) is 0 Å². The molecule has 0 bridgehead atoms. The predicted molar refractivity (Wildman–Crippen MR) is 98.5 cm³/mol. The molecule has 2 aromatic carbocycles. The van der Waals surface area contributed by atoms with Gasteiger partial charge in [-0.15, -0.1) is 0 Å². The molecule has 0 spiro atoms. The van der Waals surface area contributed by atoms with Crippen molar-refractivity contribution < 1.29 is 5.11 Å². The largest absolute Gasteiger partial charge is 0.396 e. The molecule has 1 nitrogen and oxygen atoms in total. The molecule has 116 valence electrons. The SMILES string of the molecule is CC=CCC(C)CC(O)[SiH](c1ccccc1)c1ccccc1. The lowest BCUT2D eigenvalue weighted by Crippen LogP contribution is -2.52. The summed E-state index contributed by atoms with van der Waals surface area (Å²) in [6, 6.07) is 21.1. The van der Waals surface area contributed by atoms with Crippen LogP contribution in [0.1, 0.15) is 26.7 Å². The second kappa shape index (κ2) is 8.72. The Morgan fingerprint density at radius 2 is 1.45 bits per heavy atom. The van der Waals surface area contributed by atoms with Gasteiger partial charge in [-0.3, -0.25) is 0 Å². The van der Waals surface area contributed by atoms with Crippen LogP contribution in [0.5, 0.6) is 0 Å². The van der Waals surface area contributed by atoms with E-state index in [9.17, 15) is 5.11 Å². The van der Waals surface area contributed by atoms with Crippen molar-refractivity contribution in [1.82, 2.24) is 0 Å². The topological polar surface area (TPSA) is 20.2 Å². The third-order valence-electron chi connectivity index (χ3n) is 4.12. The van der Waals surface area contributed by atoms with Crippen LogP contribution in [0.4, 0.5) is 0 Å². The Kier molecular flexibility index (Phi) is 6.62. The summed E-state index contributed by atoms with van der Waals surface area (Å²) >= 11 is 0. The minimum Gasteiger partial charge on any atom is -0.396 e. The third-order valence-corrected chi connectivity index (χ3v) is 7.37. The highest BCUT2D eigenvalue weighted by Gasteiger charge is 2.26. The third kappa shape index (κ3) is 4.69. The lowest BCUT2D eigenvalue weighted by Gasteiger charge is -2.24. The molecule has 0 radical (unpaired) electrons. The predicted octanol–water partition coefficient (Wildman–Crippen LogP) is 2.92. The van der Waals surface area contributed by atoms with Gasteiger partial charge in [-0.1, -0.05) is 90.1 Å². The summed E-state index contributed by atoms with van der Waals surface area (Å²) in [5, 5.41) is 13.6. The minimum atomic E-state index is -1.60. The highest BCUT2D eigenvalue weighted by Crippen LogP contribution is 2.13. The number of rotatable bonds is 7. The minimum absolute atomic E-state index is 0.231. The average Bonchev–Trinajstić information content (AvgIpc) is 2.55. The van der Waals surface area contributed by atoms with E-state index in [0.717, 1.165) is 12.8 Å². The molecule has 0 saturated carbocycles. The van der Waals surface area contributed by atoms with E-state index in [1.807, 2.05) is 12.1 Å². The smallest absolute Gasteiger partial charge is 0.134 e. The highest BCUT2D eigenvalue weighted by atomic mass is 28.3. The first kappa shape index (κ1) is 16.7. The zero-order valence-electron chi connectivity index (χ0n) is 13.5. The molecular weight excluding hydrogens is 284 g/mol. The molecule has 0 aliphatic heterocycles. The first-order valence-electron chi connectivity index (χ1n) is 8.11. The molecule has 1 N–H and O–H groups in total. The zero-order valence-corrected chi connectivity index (χ0v) is 14.7. The van der Waals surface area contributed by atoms with Crippen LogP contribution in [0, 0.1) is 5.92 Å². The lowest BCUT2D eigenvalue weighted by atomic mass is 10.0. The molecule has 2 heteroatoms. The van der Waals surface area contributed by atoms with Gasteiger partial charge in [0.25, 0.3) is 0 Å². The monoisotopic (exact) mass is 310 g/mol. The second-order valence-electron chi connectivity index (χ2n) is 6.01. The molecule has 0 amide bonds. The van der Waals surface area contributed by atoms with Gasteiger partial charge in [0, 0.05) is 0 Å². The van der Waals surface area contributed by atoms with Crippen LogP contribution < -0.4 is 10.4 Å². The van der Waals surface area contributed by atoms with Gasteiger partial charge in [0.1, 0.15) is 8.80 Å².